The molecule has 3 aromatic rings. The van der Waals surface area contributed by atoms with Gasteiger partial charge in [-0.25, -0.2) is 0 Å². The van der Waals surface area contributed by atoms with Gasteiger partial charge in [0.2, 0.25) is 5.91 Å². The second-order valence-corrected chi connectivity index (χ2v) is 7.92. The molecular weight excluding hydrogens is 452 g/mol. The number of para-hydroxylation sites is 1. The number of carbonyl (C=O) groups is 4. The smallest absolute Gasteiger partial charge is 0.282 e. The Labute approximate surface area is 199 Å². The molecule has 0 saturated heterocycles. The van der Waals surface area contributed by atoms with Gasteiger partial charge in [-0.1, -0.05) is 48.0 Å². The van der Waals surface area contributed by atoms with Crippen molar-refractivity contribution >= 4 is 35.0 Å². The first-order valence-electron chi connectivity index (χ1n) is 10.6. The molecule has 10 nitrogen and oxygen atoms in total. The highest BCUT2D eigenvalue weighted by Crippen LogP contribution is 2.30. The minimum absolute atomic E-state index is 0.132. The summed E-state index contributed by atoms with van der Waals surface area (Å²) >= 11 is 0. The van der Waals surface area contributed by atoms with Crippen LogP contribution in [0.2, 0.25) is 0 Å². The maximum absolute atomic E-state index is 12.7. The number of aryl methyl sites for hydroxylation is 1. The summed E-state index contributed by atoms with van der Waals surface area (Å²) in [5, 5.41) is 16.6. The molecule has 1 aliphatic rings. The molecule has 0 fully saturated rings. The lowest BCUT2D eigenvalue weighted by Crippen LogP contribution is -2.37. The molecule has 0 aromatic heterocycles. The largest absolute Gasteiger partial charge is 0.348 e. The van der Waals surface area contributed by atoms with E-state index in [9.17, 15) is 29.3 Å². The van der Waals surface area contributed by atoms with Gasteiger partial charge < -0.3 is 10.6 Å². The highest BCUT2D eigenvalue weighted by Gasteiger charge is 2.41. The average Bonchev–Trinajstić information content (AvgIpc) is 3.08. The molecule has 2 N–H and O–H groups in total. The van der Waals surface area contributed by atoms with Gasteiger partial charge in [-0.05, 0) is 30.7 Å². The standard InChI is InChI=1S/C25H20N4O6/c1-15-9-11-16(12-10-15)13-26-23(31)17-5-2-3-7-19(17)27-21(30)14-28-24(32)18-6-4-8-20(29(34)35)22(18)25(28)33/h2-12H,13-14H2,1H3,(H,26,31)(H,27,30). The van der Waals surface area contributed by atoms with Gasteiger partial charge in [0.15, 0.2) is 0 Å². The van der Waals surface area contributed by atoms with Crippen molar-refractivity contribution in [2.45, 2.75) is 13.5 Å². The Hall–Kier alpha value is -4.86. The van der Waals surface area contributed by atoms with Crippen molar-refractivity contribution in [2.24, 2.45) is 0 Å². The number of rotatable bonds is 7. The number of hydrogen-bond acceptors (Lipinski definition) is 6. The van der Waals surface area contributed by atoms with Gasteiger partial charge >= 0.3 is 0 Å². The van der Waals surface area contributed by atoms with Crippen LogP contribution in [0.3, 0.4) is 0 Å². The molecule has 0 atom stereocenters. The molecule has 0 saturated carbocycles. The fraction of sp³-hybridized carbons (Fsp3) is 0.120. The summed E-state index contributed by atoms with van der Waals surface area (Å²) in [6.07, 6.45) is 0. The number of nitro benzene ring substituents is 1. The van der Waals surface area contributed by atoms with E-state index in [2.05, 4.69) is 10.6 Å². The lowest BCUT2D eigenvalue weighted by molar-refractivity contribution is -0.385. The lowest BCUT2D eigenvalue weighted by atomic mass is 10.1. The maximum atomic E-state index is 12.7. The van der Waals surface area contributed by atoms with E-state index in [0.717, 1.165) is 17.2 Å². The number of hydrogen-bond donors (Lipinski definition) is 2. The fourth-order valence-corrected chi connectivity index (χ4v) is 3.72. The third-order valence-corrected chi connectivity index (χ3v) is 5.49. The number of carbonyl (C=O) groups excluding carboxylic acids is 4. The second kappa shape index (κ2) is 9.56. The molecule has 4 amide bonds. The molecule has 0 unspecified atom stereocenters. The Bertz CT molecular complexity index is 1370. The van der Waals surface area contributed by atoms with E-state index < -0.39 is 40.8 Å². The van der Waals surface area contributed by atoms with E-state index in [1.807, 2.05) is 31.2 Å². The van der Waals surface area contributed by atoms with Crippen molar-refractivity contribution in [1.29, 1.82) is 0 Å². The van der Waals surface area contributed by atoms with Gasteiger partial charge in [0, 0.05) is 12.6 Å². The quantitative estimate of drug-likeness (QED) is 0.308. The van der Waals surface area contributed by atoms with Crippen molar-refractivity contribution in [2.75, 3.05) is 11.9 Å². The van der Waals surface area contributed by atoms with E-state index in [1.54, 1.807) is 12.1 Å². The van der Waals surface area contributed by atoms with E-state index in [1.165, 1.54) is 24.3 Å². The molecule has 3 aromatic carbocycles. The van der Waals surface area contributed by atoms with Gasteiger partial charge in [0.1, 0.15) is 12.1 Å². The van der Waals surface area contributed by atoms with Crippen molar-refractivity contribution in [1.82, 2.24) is 10.2 Å². The maximum Gasteiger partial charge on any atom is 0.282 e. The highest BCUT2D eigenvalue weighted by molar-refractivity contribution is 6.24. The normalized spacial score (nSPS) is 12.3. The highest BCUT2D eigenvalue weighted by atomic mass is 16.6. The zero-order valence-electron chi connectivity index (χ0n) is 18.6. The molecular formula is C25H20N4O6. The van der Waals surface area contributed by atoms with Crippen LogP contribution in [0.4, 0.5) is 11.4 Å². The zero-order valence-corrected chi connectivity index (χ0v) is 18.6. The van der Waals surface area contributed by atoms with Crippen LogP contribution in [-0.4, -0.2) is 40.0 Å². The molecule has 1 aliphatic heterocycles. The van der Waals surface area contributed by atoms with Gasteiger partial charge in [-0.15, -0.1) is 0 Å². The van der Waals surface area contributed by atoms with Gasteiger partial charge in [-0.2, -0.15) is 0 Å². The molecule has 35 heavy (non-hydrogen) atoms. The summed E-state index contributed by atoms with van der Waals surface area (Å²) in [6.45, 7) is 1.59. The number of nitrogens with zero attached hydrogens (tertiary/aromatic N) is 2. The number of imide groups is 1. The Kier molecular flexibility index (Phi) is 6.36. The Morgan fingerprint density at radius 1 is 0.943 bits per heavy atom. The minimum atomic E-state index is -0.920. The van der Waals surface area contributed by atoms with Crippen LogP contribution < -0.4 is 10.6 Å². The van der Waals surface area contributed by atoms with Crippen LogP contribution in [0.5, 0.6) is 0 Å². The molecule has 0 radical (unpaired) electrons. The first kappa shape index (κ1) is 23.3. The van der Waals surface area contributed by atoms with Crippen molar-refractivity contribution < 1.29 is 24.1 Å². The van der Waals surface area contributed by atoms with E-state index >= 15 is 0 Å². The van der Waals surface area contributed by atoms with Crippen LogP contribution in [0.25, 0.3) is 0 Å². The number of nitro groups is 1. The van der Waals surface area contributed by atoms with Crippen LogP contribution in [0.15, 0.2) is 66.7 Å². The van der Waals surface area contributed by atoms with Crippen LogP contribution in [-0.2, 0) is 11.3 Å². The Morgan fingerprint density at radius 3 is 2.37 bits per heavy atom. The predicted molar refractivity (Wildman–Crippen MR) is 126 cm³/mol. The van der Waals surface area contributed by atoms with Crippen LogP contribution in [0.1, 0.15) is 42.2 Å². The van der Waals surface area contributed by atoms with E-state index in [4.69, 9.17) is 0 Å². The lowest BCUT2D eigenvalue weighted by Gasteiger charge is -2.15. The first-order valence-corrected chi connectivity index (χ1v) is 10.6. The number of fused-ring (bicyclic) bond motifs is 1. The third-order valence-electron chi connectivity index (χ3n) is 5.49. The summed E-state index contributed by atoms with van der Waals surface area (Å²) in [4.78, 5) is 61.9. The van der Waals surface area contributed by atoms with Gasteiger partial charge in [0.05, 0.1) is 21.7 Å². The first-order chi connectivity index (χ1) is 16.8. The Balaban J connectivity index is 1.45. The van der Waals surface area contributed by atoms with E-state index in [-0.39, 0.29) is 28.9 Å². The van der Waals surface area contributed by atoms with Crippen molar-refractivity contribution in [3.05, 3.63) is 105 Å². The molecule has 0 spiro atoms. The number of nitrogens with one attached hydrogen (secondary N) is 2. The van der Waals surface area contributed by atoms with Gasteiger partial charge in [0.25, 0.3) is 23.4 Å². The average molecular weight is 472 g/mol. The third kappa shape index (κ3) is 4.76. The fourth-order valence-electron chi connectivity index (χ4n) is 3.72. The number of benzene rings is 3. The molecule has 176 valence electrons. The summed E-state index contributed by atoms with van der Waals surface area (Å²) in [5.74, 6) is -2.87. The SMILES string of the molecule is Cc1ccc(CNC(=O)c2ccccc2NC(=O)CN2C(=O)c3cccc([N+](=O)[O-])c3C2=O)cc1. The van der Waals surface area contributed by atoms with Crippen molar-refractivity contribution in [3.63, 3.8) is 0 Å². The predicted octanol–water partition coefficient (Wildman–Crippen LogP) is 3.07. The summed E-state index contributed by atoms with van der Waals surface area (Å²) in [6, 6.07) is 17.7. The van der Waals surface area contributed by atoms with Crippen LogP contribution in [0, 0.1) is 17.0 Å². The molecule has 0 bridgehead atoms. The second-order valence-electron chi connectivity index (χ2n) is 7.92. The summed E-state index contributed by atoms with van der Waals surface area (Å²) in [7, 11) is 0. The minimum Gasteiger partial charge on any atom is -0.348 e. The molecule has 10 heteroatoms. The van der Waals surface area contributed by atoms with Gasteiger partial charge in [-0.3, -0.25) is 34.2 Å². The summed E-state index contributed by atoms with van der Waals surface area (Å²) in [5.41, 5.74) is 1.43. The van der Waals surface area contributed by atoms with Crippen molar-refractivity contribution in [3.8, 4) is 0 Å². The molecule has 4 rings (SSSR count). The number of anilines is 1. The van der Waals surface area contributed by atoms with E-state index in [0.29, 0.717) is 4.90 Å². The van der Waals surface area contributed by atoms with Crippen LogP contribution >= 0.6 is 0 Å². The zero-order chi connectivity index (χ0) is 25.1. The molecule has 1 heterocycles. The molecule has 0 aliphatic carbocycles. The Morgan fingerprint density at radius 2 is 1.66 bits per heavy atom. The summed E-state index contributed by atoms with van der Waals surface area (Å²) < 4.78 is 0. The number of amides is 4. The topological polar surface area (TPSA) is 139 Å². The monoisotopic (exact) mass is 472 g/mol.